The molecule has 1 N–H and O–H groups in total. The molecule has 1 amide bonds. The Hall–Kier alpha value is -0.690. The average Bonchev–Trinajstić information content (AvgIpc) is 3.06. The average molecular weight is 354 g/mol. The normalized spacial score (nSPS) is 31.8. The number of likely N-dealkylation sites (tertiary alicyclic amines) is 1. The summed E-state index contributed by atoms with van der Waals surface area (Å²) in [6.45, 7) is 6.98. The second-order valence-corrected chi connectivity index (χ2v) is 7.74. The molecule has 0 aromatic rings. The van der Waals surface area contributed by atoms with Crippen LogP contribution in [0.25, 0.3) is 0 Å². The standard InChI is InChI=1S/C19H34N2O4/c1-3-8-21-14-16(18(22)20-7-4-9-23-2)12-15-13-19(6-5-17(15)21)24-10-11-25-19/h15-17H,3-14H2,1-2H3,(H,20,22)/t15-,16-,17-/m1/s1. The number of ether oxygens (including phenoxy) is 3. The van der Waals surface area contributed by atoms with Gasteiger partial charge < -0.3 is 19.5 Å². The quantitative estimate of drug-likeness (QED) is 0.706. The Balaban J connectivity index is 1.61. The number of carbonyl (C=O) groups excluding carboxylic acids is 1. The topological polar surface area (TPSA) is 60.0 Å². The number of hydrogen-bond donors (Lipinski definition) is 1. The summed E-state index contributed by atoms with van der Waals surface area (Å²) >= 11 is 0. The number of nitrogens with one attached hydrogen (secondary N) is 1. The fourth-order valence-electron chi connectivity index (χ4n) is 4.89. The molecule has 3 rings (SSSR count). The third-order valence-electron chi connectivity index (χ3n) is 5.97. The third kappa shape index (κ3) is 4.54. The van der Waals surface area contributed by atoms with E-state index >= 15 is 0 Å². The van der Waals surface area contributed by atoms with Crippen LogP contribution in [0.2, 0.25) is 0 Å². The molecule has 25 heavy (non-hydrogen) atoms. The van der Waals surface area contributed by atoms with Gasteiger partial charge in [-0.15, -0.1) is 0 Å². The van der Waals surface area contributed by atoms with Crippen molar-refractivity contribution in [1.29, 1.82) is 0 Å². The van der Waals surface area contributed by atoms with Crippen molar-refractivity contribution in [3.63, 3.8) is 0 Å². The van der Waals surface area contributed by atoms with E-state index in [1.807, 2.05) is 0 Å². The molecular weight excluding hydrogens is 320 g/mol. The lowest BCUT2D eigenvalue weighted by atomic mass is 9.72. The van der Waals surface area contributed by atoms with Crippen molar-refractivity contribution < 1.29 is 19.0 Å². The van der Waals surface area contributed by atoms with Crippen molar-refractivity contribution in [3.05, 3.63) is 0 Å². The van der Waals surface area contributed by atoms with Crippen LogP contribution in [-0.4, -0.2) is 69.2 Å². The van der Waals surface area contributed by atoms with Gasteiger partial charge in [0.1, 0.15) is 0 Å². The molecule has 0 unspecified atom stereocenters. The van der Waals surface area contributed by atoms with Crippen LogP contribution >= 0.6 is 0 Å². The summed E-state index contributed by atoms with van der Waals surface area (Å²) in [4.78, 5) is 15.2. The van der Waals surface area contributed by atoms with Gasteiger partial charge in [0.15, 0.2) is 5.79 Å². The van der Waals surface area contributed by atoms with Crippen molar-refractivity contribution in [2.45, 2.75) is 57.3 Å². The van der Waals surface area contributed by atoms with E-state index in [9.17, 15) is 4.79 Å². The Bertz CT molecular complexity index is 439. The molecule has 2 heterocycles. The Morgan fingerprint density at radius 1 is 1.36 bits per heavy atom. The summed E-state index contributed by atoms with van der Waals surface area (Å²) in [6.07, 6.45) is 5.99. The molecule has 3 atom stereocenters. The number of fused-ring (bicyclic) bond motifs is 1. The fourth-order valence-corrected chi connectivity index (χ4v) is 4.89. The van der Waals surface area contributed by atoms with Crippen LogP contribution in [0.3, 0.4) is 0 Å². The molecule has 0 radical (unpaired) electrons. The molecule has 6 nitrogen and oxygen atoms in total. The van der Waals surface area contributed by atoms with E-state index in [0.717, 1.165) is 51.6 Å². The molecule has 0 aromatic carbocycles. The highest BCUT2D eigenvalue weighted by Gasteiger charge is 2.49. The first-order chi connectivity index (χ1) is 12.2. The van der Waals surface area contributed by atoms with Gasteiger partial charge >= 0.3 is 0 Å². The second-order valence-electron chi connectivity index (χ2n) is 7.74. The summed E-state index contributed by atoms with van der Waals surface area (Å²) in [7, 11) is 1.69. The molecular formula is C19H34N2O4. The SMILES string of the molecule is CCCN1C[C@H](C(=O)NCCCOC)C[C@@H]2CC3(CC[C@H]21)OCCO3. The van der Waals surface area contributed by atoms with Gasteiger partial charge in [-0.1, -0.05) is 6.92 Å². The lowest BCUT2D eigenvalue weighted by Crippen LogP contribution is -2.57. The molecule has 6 heteroatoms. The van der Waals surface area contributed by atoms with Gasteiger partial charge in [-0.25, -0.2) is 0 Å². The summed E-state index contributed by atoms with van der Waals surface area (Å²) in [5.74, 6) is 0.396. The Kier molecular flexibility index (Phi) is 6.72. The van der Waals surface area contributed by atoms with Crippen LogP contribution in [-0.2, 0) is 19.0 Å². The smallest absolute Gasteiger partial charge is 0.224 e. The largest absolute Gasteiger partial charge is 0.385 e. The zero-order chi connectivity index (χ0) is 17.7. The van der Waals surface area contributed by atoms with Gasteiger partial charge in [0.2, 0.25) is 5.91 Å². The van der Waals surface area contributed by atoms with E-state index in [-0.39, 0.29) is 17.6 Å². The number of nitrogens with zero attached hydrogens (tertiary/aromatic N) is 1. The lowest BCUT2D eigenvalue weighted by molar-refractivity contribution is -0.203. The maximum atomic E-state index is 12.7. The monoisotopic (exact) mass is 354 g/mol. The fraction of sp³-hybridized carbons (Fsp3) is 0.947. The molecule has 144 valence electrons. The lowest BCUT2D eigenvalue weighted by Gasteiger charge is -2.50. The van der Waals surface area contributed by atoms with Crippen LogP contribution in [0.5, 0.6) is 0 Å². The highest BCUT2D eigenvalue weighted by molar-refractivity contribution is 5.79. The van der Waals surface area contributed by atoms with Crippen LogP contribution < -0.4 is 5.32 Å². The number of piperidine rings is 1. The molecule has 0 aromatic heterocycles. The molecule has 1 aliphatic carbocycles. The van der Waals surface area contributed by atoms with Gasteiger partial charge in [0, 0.05) is 45.7 Å². The van der Waals surface area contributed by atoms with Crippen LogP contribution in [0, 0.1) is 11.8 Å². The van der Waals surface area contributed by atoms with Gasteiger partial charge in [-0.2, -0.15) is 0 Å². The van der Waals surface area contributed by atoms with Crippen LogP contribution in [0.4, 0.5) is 0 Å². The maximum Gasteiger partial charge on any atom is 0.224 e. The number of carbonyl (C=O) groups is 1. The van der Waals surface area contributed by atoms with E-state index in [2.05, 4.69) is 17.1 Å². The van der Waals surface area contributed by atoms with Gasteiger partial charge in [0.05, 0.1) is 19.1 Å². The molecule has 1 saturated carbocycles. The van der Waals surface area contributed by atoms with E-state index in [0.29, 0.717) is 38.3 Å². The Morgan fingerprint density at radius 3 is 2.88 bits per heavy atom. The van der Waals surface area contributed by atoms with Crippen molar-refractivity contribution >= 4 is 5.91 Å². The Labute approximate surface area is 151 Å². The van der Waals surface area contributed by atoms with Crippen molar-refractivity contribution in [3.8, 4) is 0 Å². The van der Waals surface area contributed by atoms with Crippen LogP contribution in [0.1, 0.15) is 45.4 Å². The predicted octanol–water partition coefficient (Wildman–Crippen LogP) is 1.78. The van der Waals surface area contributed by atoms with Gasteiger partial charge in [-0.3, -0.25) is 9.69 Å². The molecule has 3 fully saturated rings. The predicted molar refractivity (Wildman–Crippen MR) is 95.2 cm³/mol. The minimum Gasteiger partial charge on any atom is -0.385 e. The van der Waals surface area contributed by atoms with E-state index in [1.165, 1.54) is 0 Å². The summed E-state index contributed by atoms with van der Waals surface area (Å²) < 4.78 is 17.0. The first-order valence-corrected chi connectivity index (χ1v) is 9.96. The molecule has 3 aliphatic rings. The molecule has 0 bridgehead atoms. The van der Waals surface area contributed by atoms with Gasteiger partial charge in [-0.05, 0) is 38.1 Å². The minimum atomic E-state index is -0.365. The molecule has 2 saturated heterocycles. The van der Waals surface area contributed by atoms with E-state index < -0.39 is 0 Å². The number of methoxy groups -OCH3 is 1. The zero-order valence-corrected chi connectivity index (χ0v) is 15.8. The third-order valence-corrected chi connectivity index (χ3v) is 5.97. The van der Waals surface area contributed by atoms with E-state index in [4.69, 9.17) is 14.2 Å². The molecule has 2 aliphatic heterocycles. The first-order valence-electron chi connectivity index (χ1n) is 9.96. The molecule has 1 spiro atoms. The van der Waals surface area contributed by atoms with Crippen molar-refractivity contribution in [2.75, 3.05) is 46.6 Å². The number of rotatable bonds is 7. The zero-order valence-electron chi connectivity index (χ0n) is 15.8. The van der Waals surface area contributed by atoms with E-state index in [1.54, 1.807) is 7.11 Å². The summed E-state index contributed by atoms with van der Waals surface area (Å²) in [5, 5.41) is 3.10. The van der Waals surface area contributed by atoms with Crippen molar-refractivity contribution in [2.24, 2.45) is 11.8 Å². The highest BCUT2D eigenvalue weighted by Crippen LogP contribution is 2.45. The summed E-state index contributed by atoms with van der Waals surface area (Å²) in [6, 6.07) is 0.580. The summed E-state index contributed by atoms with van der Waals surface area (Å²) in [5.41, 5.74) is 0. The Morgan fingerprint density at radius 2 is 2.16 bits per heavy atom. The second kappa shape index (κ2) is 8.80. The first kappa shape index (κ1) is 19.1. The minimum absolute atomic E-state index is 0.0758. The maximum absolute atomic E-state index is 12.7. The van der Waals surface area contributed by atoms with Crippen LogP contribution in [0.15, 0.2) is 0 Å². The number of amides is 1. The number of hydrogen-bond acceptors (Lipinski definition) is 5. The van der Waals surface area contributed by atoms with Crippen molar-refractivity contribution in [1.82, 2.24) is 10.2 Å². The highest BCUT2D eigenvalue weighted by atomic mass is 16.7. The van der Waals surface area contributed by atoms with Gasteiger partial charge in [0.25, 0.3) is 0 Å².